The van der Waals surface area contributed by atoms with E-state index >= 15 is 0 Å². The molecule has 0 unspecified atom stereocenters. The van der Waals surface area contributed by atoms with Crippen LogP contribution in [0.4, 0.5) is 21.7 Å². The summed E-state index contributed by atoms with van der Waals surface area (Å²) in [5, 5.41) is 13.7. The third kappa shape index (κ3) is 6.74. The maximum Gasteiger partial charge on any atom is 0.168 e. The number of hydrogen-bond donors (Lipinski definition) is 3. The summed E-state index contributed by atoms with van der Waals surface area (Å²) in [6.07, 6.45) is 8.60. The highest BCUT2D eigenvalue weighted by Gasteiger charge is 2.23. The lowest BCUT2D eigenvalue weighted by Crippen LogP contribution is -2.39. The molecule has 224 valence electrons. The molecular weight excluding hydrogens is 547 g/mol. The molecule has 11 heteroatoms. The van der Waals surface area contributed by atoms with Crippen molar-refractivity contribution in [3.05, 3.63) is 72.6 Å². The Morgan fingerprint density at radius 3 is 2.65 bits per heavy atom. The van der Waals surface area contributed by atoms with Gasteiger partial charge in [-0.2, -0.15) is 0 Å². The van der Waals surface area contributed by atoms with Gasteiger partial charge in [-0.3, -0.25) is 9.88 Å². The van der Waals surface area contributed by atoms with Crippen molar-refractivity contribution in [2.75, 3.05) is 43.5 Å². The van der Waals surface area contributed by atoms with Gasteiger partial charge >= 0.3 is 0 Å². The van der Waals surface area contributed by atoms with Crippen LogP contribution in [0.5, 0.6) is 5.75 Å². The number of anilines is 3. The third-order valence-corrected chi connectivity index (χ3v) is 8.10. The van der Waals surface area contributed by atoms with Crippen molar-refractivity contribution in [3.8, 4) is 28.3 Å². The molecule has 6 rings (SSSR count). The van der Waals surface area contributed by atoms with Crippen molar-refractivity contribution < 1.29 is 14.2 Å². The van der Waals surface area contributed by atoms with Gasteiger partial charge in [-0.05, 0) is 49.9 Å². The highest BCUT2D eigenvalue weighted by atomic mass is 19.1. The normalized spacial score (nSPS) is 18.0. The highest BCUT2D eigenvalue weighted by Crippen LogP contribution is 2.35. The molecule has 5 heterocycles. The smallest absolute Gasteiger partial charge is 0.168 e. The summed E-state index contributed by atoms with van der Waals surface area (Å²) in [4.78, 5) is 22.9. The molecule has 1 aromatic carbocycles. The fourth-order valence-electron chi connectivity index (χ4n) is 5.76. The Labute approximate surface area is 250 Å². The summed E-state index contributed by atoms with van der Waals surface area (Å²) in [5.74, 6) is 1.12. The maximum absolute atomic E-state index is 14.7. The van der Waals surface area contributed by atoms with Crippen molar-refractivity contribution >= 4 is 17.3 Å². The zero-order chi connectivity index (χ0) is 29.8. The summed E-state index contributed by atoms with van der Waals surface area (Å²) in [7, 11) is 1.49. The van der Waals surface area contributed by atoms with E-state index in [-0.39, 0.29) is 11.4 Å². The van der Waals surface area contributed by atoms with Gasteiger partial charge in [-0.25, -0.2) is 19.3 Å². The third-order valence-electron chi connectivity index (χ3n) is 8.10. The number of aromatic nitrogens is 4. The predicted octanol–water partition coefficient (Wildman–Crippen LogP) is 4.38. The SMILES string of the molecule is COc1cccc(F)c1-c1nccc(Nc2cc(N3CCC[C@H](O)C3)c(-c3ccc(CN4CCC(N)CC4)nc3)cn2)n1. The number of rotatable bonds is 8. The average Bonchev–Trinajstić information content (AvgIpc) is 3.02. The molecule has 4 aromatic rings. The standard InChI is InChI=1S/C32H37FN8O2/c1-43-28-6-2-5-26(33)31(28)32-35-12-9-29(39-32)38-30-16-27(41-13-3-4-24(42)20-41)25(18-37-30)21-7-8-23(36-17-21)19-40-14-10-22(34)11-15-40/h2,5-9,12,16-18,22,24,42H,3-4,10-11,13-15,19-20,34H2,1H3,(H,35,37,38,39)/t24-/m0/s1. The van der Waals surface area contributed by atoms with E-state index in [1.54, 1.807) is 24.4 Å². The van der Waals surface area contributed by atoms with E-state index in [4.69, 9.17) is 20.4 Å². The second-order valence-corrected chi connectivity index (χ2v) is 11.2. The Morgan fingerprint density at radius 1 is 1.02 bits per heavy atom. The number of nitrogens with two attached hydrogens (primary N) is 1. The molecular formula is C32H37FN8O2. The molecule has 2 saturated heterocycles. The van der Waals surface area contributed by atoms with Gasteiger partial charge in [0.15, 0.2) is 5.82 Å². The fraction of sp³-hybridized carbons (Fsp3) is 0.375. The van der Waals surface area contributed by atoms with E-state index in [0.29, 0.717) is 30.0 Å². The van der Waals surface area contributed by atoms with Gasteiger partial charge in [0.1, 0.15) is 23.2 Å². The number of likely N-dealkylation sites (tertiary alicyclic amines) is 1. The summed E-state index contributed by atoms with van der Waals surface area (Å²) in [6, 6.07) is 12.7. The number of hydrogen-bond acceptors (Lipinski definition) is 10. The second-order valence-electron chi connectivity index (χ2n) is 11.2. The monoisotopic (exact) mass is 584 g/mol. The number of benzene rings is 1. The van der Waals surface area contributed by atoms with Crippen LogP contribution in [0.2, 0.25) is 0 Å². The predicted molar refractivity (Wildman–Crippen MR) is 165 cm³/mol. The molecule has 2 aliphatic heterocycles. The van der Waals surface area contributed by atoms with Crippen LogP contribution < -0.4 is 20.7 Å². The Bertz CT molecular complexity index is 1550. The topological polar surface area (TPSA) is 126 Å². The number of β-amino-alcohol motifs (C(OH)–C–C–N with tert-alkyl or cyclic N) is 1. The van der Waals surface area contributed by atoms with E-state index in [9.17, 15) is 9.50 Å². The van der Waals surface area contributed by atoms with Crippen LogP contribution >= 0.6 is 0 Å². The molecule has 1 atom stereocenters. The first-order valence-electron chi connectivity index (χ1n) is 14.8. The van der Waals surface area contributed by atoms with Crippen LogP contribution in [-0.2, 0) is 6.54 Å². The molecule has 2 aliphatic rings. The van der Waals surface area contributed by atoms with Crippen LogP contribution in [0.3, 0.4) is 0 Å². The molecule has 0 aliphatic carbocycles. The minimum Gasteiger partial charge on any atom is -0.496 e. The van der Waals surface area contributed by atoms with Gasteiger partial charge in [0.25, 0.3) is 0 Å². The van der Waals surface area contributed by atoms with Crippen LogP contribution in [0.25, 0.3) is 22.5 Å². The molecule has 0 bridgehead atoms. The van der Waals surface area contributed by atoms with E-state index in [2.05, 4.69) is 37.2 Å². The van der Waals surface area contributed by atoms with E-state index in [0.717, 1.165) is 74.4 Å². The summed E-state index contributed by atoms with van der Waals surface area (Å²) < 4.78 is 20.0. The lowest BCUT2D eigenvalue weighted by atomic mass is 10.0. The zero-order valence-electron chi connectivity index (χ0n) is 24.3. The number of pyridine rings is 2. The van der Waals surface area contributed by atoms with Crippen molar-refractivity contribution in [3.63, 3.8) is 0 Å². The van der Waals surface area contributed by atoms with Crippen LogP contribution in [0.15, 0.2) is 61.1 Å². The first kappa shape index (κ1) is 28.9. The summed E-state index contributed by atoms with van der Waals surface area (Å²) in [5.41, 5.74) is 10.1. The van der Waals surface area contributed by atoms with Gasteiger partial charge in [0, 0.05) is 80.2 Å². The van der Waals surface area contributed by atoms with Gasteiger partial charge in [-0.15, -0.1) is 0 Å². The number of piperidine rings is 2. The van der Waals surface area contributed by atoms with E-state index in [1.165, 1.54) is 13.2 Å². The number of ether oxygens (including phenoxy) is 1. The van der Waals surface area contributed by atoms with Gasteiger partial charge in [-0.1, -0.05) is 12.1 Å². The first-order valence-corrected chi connectivity index (χ1v) is 14.8. The second kappa shape index (κ2) is 13.0. The molecule has 0 amide bonds. The van der Waals surface area contributed by atoms with Gasteiger partial charge < -0.3 is 25.8 Å². The molecule has 43 heavy (non-hydrogen) atoms. The van der Waals surface area contributed by atoms with Gasteiger partial charge in [0.2, 0.25) is 0 Å². The maximum atomic E-state index is 14.7. The Kier molecular flexibility index (Phi) is 8.73. The number of methoxy groups -OCH3 is 1. The number of nitrogens with one attached hydrogen (secondary N) is 1. The average molecular weight is 585 g/mol. The molecule has 3 aromatic heterocycles. The molecule has 0 saturated carbocycles. The Morgan fingerprint density at radius 2 is 1.88 bits per heavy atom. The first-order chi connectivity index (χ1) is 21.0. The van der Waals surface area contributed by atoms with E-state index in [1.807, 2.05) is 18.5 Å². The number of aliphatic hydroxyl groups is 1. The number of halogens is 1. The minimum atomic E-state index is -0.468. The molecule has 2 fully saturated rings. The lowest BCUT2D eigenvalue weighted by molar-refractivity contribution is 0.154. The Hall–Kier alpha value is -4.19. The fourth-order valence-corrected chi connectivity index (χ4v) is 5.76. The van der Waals surface area contributed by atoms with Crippen molar-refractivity contribution in [1.82, 2.24) is 24.8 Å². The molecule has 4 N–H and O–H groups in total. The zero-order valence-corrected chi connectivity index (χ0v) is 24.3. The largest absolute Gasteiger partial charge is 0.496 e. The summed E-state index contributed by atoms with van der Waals surface area (Å²) in [6.45, 7) is 4.14. The van der Waals surface area contributed by atoms with Crippen LogP contribution in [0, 0.1) is 5.82 Å². The highest BCUT2D eigenvalue weighted by molar-refractivity contribution is 5.80. The summed E-state index contributed by atoms with van der Waals surface area (Å²) >= 11 is 0. The number of nitrogens with zero attached hydrogens (tertiary/aromatic N) is 6. The van der Waals surface area contributed by atoms with E-state index < -0.39 is 11.9 Å². The molecule has 0 radical (unpaired) electrons. The van der Waals surface area contributed by atoms with Crippen molar-refractivity contribution in [2.45, 2.75) is 44.4 Å². The minimum absolute atomic E-state index is 0.194. The van der Waals surface area contributed by atoms with Gasteiger partial charge in [0.05, 0.1) is 24.5 Å². The van der Waals surface area contributed by atoms with Crippen molar-refractivity contribution in [1.29, 1.82) is 0 Å². The van der Waals surface area contributed by atoms with Crippen LogP contribution in [-0.4, -0.2) is 75.4 Å². The number of aliphatic hydroxyl groups excluding tert-OH is 1. The molecule has 10 nitrogen and oxygen atoms in total. The van der Waals surface area contributed by atoms with Crippen LogP contribution in [0.1, 0.15) is 31.4 Å². The molecule has 0 spiro atoms. The lowest BCUT2D eigenvalue weighted by Gasteiger charge is -2.33. The Balaban J connectivity index is 1.27. The quantitative estimate of drug-likeness (QED) is 0.275. The van der Waals surface area contributed by atoms with Crippen molar-refractivity contribution in [2.24, 2.45) is 5.73 Å².